The summed E-state index contributed by atoms with van der Waals surface area (Å²) in [4.78, 5) is 8.27. The Kier molecular flexibility index (Phi) is 8.76. The molecule has 8 heteroatoms. The highest BCUT2D eigenvalue weighted by Gasteiger charge is 2.21. The summed E-state index contributed by atoms with van der Waals surface area (Å²) in [5, 5.41) is 10.8. The van der Waals surface area contributed by atoms with E-state index in [1.54, 1.807) is 30.2 Å². The van der Waals surface area contributed by atoms with Gasteiger partial charge in [0.25, 0.3) is 0 Å². The van der Waals surface area contributed by atoms with Gasteiger partial charge in [0.2, 0.25) is 0 Å². The van der Waals surface area contributed by atoms with Crippen molar-refractivity contribution in [3.63, 3.8) is 0 Å². The zero-order valence-corrected chi connectivity index (χ0v) is 19.8. The average Bonchev–Trinajstić information content (AvgIpc) is 3.21. The van der Waals surface area contributed by atoms with Crippen LogP contribution in [0.2, 0.25) is 0 Å². The third-order valence-corrected chi connectivity index (χ3v) is 4.79. The second kappa shape index (κ2) is 11.1. The number of aliphatic imine (C=N–C) groups is 1. The first kappa shape index (κ1) is 23.8. The first-order valence-corrected chi connectivity index (χ1v) is 9.57. The lowest BCUT2D eigenvalue weighted by atomic mass is 9.84. The molecule has 0 atom stereocenters. The van der Waals surface area contributed by atoms with E-state index in [1.165, 1.54) is 12.4 Å². The summed E-state index contributed by atoms with van der Waals surface area (Å²) in [7, 11) is 1.74. The predicted octanol–water partition coefficient (Wildman–Crippen LogP) is 3.73. The molecule has 1 heterocycles. The monoisotopic (exact) mass is 522 g/mol. The third kappa shape index (κ3) is 6.79. The first-order chi connectivity index (χ1) is 14.0. The molecule has 0 aliphatic rings. The molecule has 160 valence electrons. The number of nitrogens with one attached hydrogen (secondary N) is 2. The van der Waals surface area contributed by atoms with E-state index in [-0.39, 0.29) is 35.2 Å². The number of hydrogen-bond donors (Lipinski definition) is 2. The van der Waals surface area contributed by atoms with Gasteiger partial charge >= 0.3 is 0 Å². The molecule has 1 aromatic heterocycles. The van der Waals surface area contributed by atoms with Crippen molar-refractivity contribution in [3.8, 4) is 0 Å². The molecule has 30 heavy (non-hydrogen) atoms. The van der Waals surface area contributed by atoms with Crippen molar-refractivity contribution >= 4 is 29.9 Å². The molecule has 0 bridgehead atoms. The van der Waals surface area contributed by atoms with Gasteiger partial charge in [0.15, 0.2) is 5.96 Å². The van der Waals surface area contributed by atoms with E-state index in [9.17, 15) is 4.39 Å². The Morgan fingerprint density at radius 3 is 2.57 bits per heavy atom. The van der Waals surface area contributed by atoms with E-state index in [1.807, 2.05) is 12.1 Å². The lowest BCUT2D eigenvalue weighted by Crippen LogP contribution is -2.43. The minimum Gasteiger partial charge on any atom is -0.356 e. The Bertz CT molecular complexity index is 956. The summed E-state index contributed by atoms with van der Waals surface area (Å²) < 4.78 is 15.4. The van der Waals surface area contributed by atoms with Crippen LogP contribution in [0.15, 0.2) is 66.2 Å². The fourth-order valence-corrected chi connectivity index (χ4v) is 3.06. The number of halogens is 2. The standard InChI is InChI=1S/C22H27FN6.HI/c1-22(2,19-8-5-9-20(23)11-19)14-27-21(24-3)26-12-17-6-4-7-18(10-17)13-29-16-25-15-28-29;/h4-11,15-16H,12-14H2,1-3H3,(H2,24,26,27);1H. The highest BCUT2D eigenvalue weighted by atomic mass is 127. The van der Waals surface area contributed by atoms with Gasteiger partial charge in [-0.25, -0.2) is 14.1 Å². The van der Waals surface area contributed by atoms with Crippen molar-refractivity contribution in [2.45, 2.75) is 32.4 Å². The van der Waals surface area contributed by atoms with Crippen molar-refractivity contribution in [2.75, 3.05) is 13.6 Å². The zero-order valence-electron chi connectivity index (χ0n) is 17.5. The Morgan fingerprint density at radius 1 is 1.10 bits per heavy atom. The molecule has 0 spiro atoms. The summed E-state index contributed by atoms with van der Waals surface area (Å²) in [5.74, 6) is 0.486. The number of hydrogen-bond acceptors (Lipinski definition) is 3. The molecule has 0 aliphatic heterocycles. The van der Waals surface area contributed by atoms with Gasteiger partial charge in [-0.05, 0) is 28.8 Å². The SMILES string of the molecule is CN=C(NCc1cccc(Cn2cncn2)c1)NCC(C)(C)c1cccc(F)c1.I. The van der Waals surface area contributed by atoms with Crippen LogP contribution in [0.25, 0.3) is 0 Å². The topological polar surface area (TPSA) is 67.1 Å². The lowest BCUT2D eigenvalue weighted by Gasteiger charge is -2.27. The molecule has 0 saturated heterocycles. The van der Waals surface area contributed by atoms with Gasteiger partial charge in [0.05, 0.1) is 6.54 Å². The van der Waals surface area contributed by atoms with Crippen molar-refractivity contribution in [2.24, 2.45) is 4.99 Å². The molecule has 0 fully saturated rings. The zero-order chi connectivity index (χ0) is 20.7. The molecule has 2 N–H and O–H groups in total. The second-order valence-corrected chi connectivity index (χ2v) is 7.59. The maximum Gasteiger partial charge on any atom is 0.191 e. The van der Waals surface area contributed by atoms with E-state index < -0.39 is 0 Å². The Hall–Kier alpha value is -2.49. The van der Waals surface area contributed by atoms with E-state index in [0.717, 1.165) is 16.7 Å². The minimum atomic E-state index is -0.239. The fraction of sp³-hybridized carbons (Fsp3) is 0.318. The molecule has 0 aliphatic carbocycles. The molecular weight excluding hydrogens is 494 g/mol. The van der Waals surface area contributed by atoms with Crippen LogP contribution < -0.4 is 10.6 Å². The molecule has 0 unspecified atom stereocenters. The van der Waals surface area contributed by atoms with Gasteiger partial charge in [0, 0.05) is 25.6 Å². The molecule has 3 rings (SSSR count). The van der Waals surface area contributed by atoms with Crippen LogP contribution in [0.1, 0.15) is 30.5 Å². The molecule has 3 aromatic rings. The van der Waals surface area contributed by atoms with Crippen LogP contribution in [0.4, 0.5) is 4.39 Å². The summed E-state index contributed by atoms with van der Waals surface area (Å²) in [6.07, 6.45) is 3.24. The van der Waals surface area contributed by atoms with E-state index in [2.05, 4.69) is 57.8 Å². The Morgan fingerprint density at radius 2 is 1.87 bits per heavy atom. The van der Waals surface area contributed by atoms with Crippen LogP contribution in [0, 0.1) is 5.82 Å². The lowest BCUT2D eigenvalue weighted by molar-refractivity contribution is 0.503. The van der Waals surface area contributed by atoms with E-state index in [0.29, 0.717) is 25.6 Å². The second-order valence-electron chi connectivity index (χ2n) is 7.59. The quantitative estimate of drug-likeness (QED) is 0.282. The molecule has 0 radical (unpaired) electrons. The van der Waals surface area contributed by atoms with Crippen LogP contribution in [0.3, 0.4) is 0 Å². The van der Waals surface area contributed by atoms with Gasteiger partial charge in [-0.3, -0.25) is 4.99 Å². The molecular formula is C22H28FIN6. The van der Waals surface area contributed by atoms with Crippen molar-refractivity contribution in [1.82, 2.24) is 25.4 Å². The predicted molar refractivity (Wildman–Crippen MR) is 129 cm³/mol. The van der Waals surface area contributed by atoms with Crippen molar-refractivity contribution < 1.29 is 4.39 Å². The highest BCUT2D eigenvalue weighted by Crippen LogP contribution is 2.22. The number of guanidine groups is 1. The smallest absolute Gasteiger partial charge is 0.191 e. The van der Waals surface area contributed by atoms with Crippen molar-refractivity contribution in [3.05, 3.63) is 83.7 Å². The first-order valence-electron chi connectivity index (χ1n) is 9.57. The Balaban J connectivity index is 0.00000320. The van der Waals surface area contributed by atoms with Crippen LogP contribution in [-0.4, -0.2) is 34.3 Å². The summed E-state index contributed by atoms with van der Waals surface area (Å²) in [5.41, 5.74) is 3.01. The van der Waals surface area contributed by atoms with Gasteiger partial charge < -0.3 is 10.6 Å². The molecule has 2 aromatic carbocycles. The Labute approximate surface area is 194 Å². The summed E-state index contributed by atoms with van der Waals surface area (Å²) in [6, 6.07) is 15.0. The van der Waals surface area contributed by atoms with Crippen LogP contribution in [-0.2, 0) is 18.5 Å². The number of rotatable bonds is 7. The van der Waals surface area contributed by atoms with Gasteiger partial charge in [-0.1, -0.05) is 50.2 Å². The minimum absolute atomic E-state index is 0. The van der Waals surface area contributed by atoms with E-state index in [4.69, 9.17) is 0 Å². The fourth-order valence-electron chi connectivity index (χ4n) is 3.06. The van der Waals surface area contributed by atoms with Gasteiger partial charge in [-0.2, -0.15) is 5.10 Å². The largest absolute Gasteiger partial charge is 0.356 e. The van der Waals surface area contributed by atoms with Gasteiger partial charge in [0.1, 0.15) is 18.5 Å². The van der Waals surface area contributed by atoms with Crippen molar-refractivity contribution in [1.29, 1.82) is 0 Å². The van der Waals surface area contributed by atoms with Gasteiger partial charge in [-0.15, -0.1) is 24.0 Å². The maximum absolute atomic E-state index is 13.6. The number of aromatic nitrogens is 3. The normalized spacial score (nSPS) is 11.7. The van der Waals surface area contributed by atoms with Crippen LogP contribution in [0.5, 0.6) is 0 Å². The van der Waals surface area contributed by atoms with E-state index >= 15 is 0 Å². The molecule has 0 amide bonds. The number of benzene rings is 2. The third-order valence-electron chi connectivity index (χ3n) is 4.79. The summed E-state index contributed by atoms with van der Waals surface area (Å²) >= 11 is 0. The van der Waals surface area contributed by atoms with Crippen LogP contribution >= 0.6 is 24.0 Å². The average molecular weight is 522 g/mol. The maximum atomic E-state index is 13.6. The highest BCUT2D eigenvalue weighted by molar-refractivity contribution is 14.0. The summed E-state index contributed by atoms with van der Waals surface area (Å²) in [6.45, 7) is 6.11. The molecule has 0 saturated carbocycles. The number of nitrogens with zero attached hydrogens (tertiary/aromatic N) is 4. The molecule has 6 nitrogen and oxygen atoms in total.